The van der Waals surface area contributed by atoms with Crippen LogP contribution in [-0.2, 0) is 5.41 Å². The topological polar surface area (TPSA) is 25.8 Å². The van der Waals surface area contributed by atoms with E-state index in [9.17, 15) is 0 Å². The second-order valence-electron chi connectivity index (χ2n) is 17.3. The number of hydrogen-bond acceptors (Lipinski definition) is 2. The van der Waals surface area contributed by atoms with E-state index in [2.05, 4.69) is 232 Å². The Morgan fingerprint density at radius 1 is 0.317 bits per heavy atom. The molecule has 0 fully saturated rings. The third kappa shape index (κ3) is 6.09. The number of aromatic nitrogens is 2. The first kappa shape index (κ1) is 36.9. The first-order valence-electron chi connectivity index (χ1n) is 21.8. The Hall–Kier alpha value is -7.94. The number of fused-ring (bicyclic) bond motifs is 7. The van der Waals surface area contributed by atoms with Crippen molar-refractivity contribution in [3.63, 3.8) is 0 Å². The number of benzene rings is 10. The molecule has 2 nitrogen and oxygen atoms in total. The van der Waals surface area contributed by atoms with Gasteiger partial charge in [-0.25, -0.2) is 9.97 Å². The quantitative estimate of drug-likeness (QED) is 0.124. The average molecular weight is 803 g/mol. The molecule has 0 N–H and O–H groups in total. The highest BCUT2D eigenvalue weighted by Gasteiger charge is 2.37. The van der Waals surface area contributed by atoms with Gasteiger partial charge in [-0.1, -0.05) is 214 Å². The van der Waals surface area contributed by atoms with E-state index in [0.717, 1.165) is 44.8 Å². The van der Waals surface area contributed by atoms with Gasteiger partial charge in [0.25, 0.3) is 0 Å². The molecule has 12 rings (SSSR count). The summed E-state index contributed by atoms with van der Waals surface area (Å²) in [4.78, 5) is 10.8. The summed E-state index contributed by atoms with van der Waals surface area (Å²) in [6.45, 7) is 4.71. The highest BCUT2D eigenvalue weighted by atomic mass is 14.9. The summed E-state index contributed by atoms with van der Waals surface area (Å²) in [5.41, 5.74) is 17.2. The highest BCUT2D eigenvalue weighted by molar-refractivity contribution is 6.20. The number of rotatable bonds is 6. The molecule has 11 aromatic rings. The molecule has 1 aliphatic rings. The summed E-state index contributed by atoms with van der Waals surface area (Å²) in [6, 6.07) is 79.0. The molecule has 0 saturated carbocycles. The lowest BCUT2D eigenvalue weighted by atomic mass is 9.78. The Bertz CT molecular complexity index is 3580. The predicted molar refractivity (Wildman–Crippen MR) is 265 cm³/mol. The summed E-state index contributed by atoms with van der Waals surface area (Å²) < 4.78 is 0. The van der Waals surface area contributed by atoms with Crippen LogP contribution in [-0.4, -0.2) is 9.97 Å². The van der Waals surface area contributed by atoms with Gasteiger partial charge in [-0.05, 0) is 106 Å². The molecule has 0 aliphatic heterocycles. The van der Waals surface area contributed by atoms with Gasteiger partial charge in [0, 0.05) is 22.1 Å². The second-order valence-corrected chi connectivity index (χ2v) is 17.3. The normalized spacial score (nSPS) is 12.7. The number of hydrogen-bond donors (Lipinski definition) is 0. The average Bonchev–Trinajstić information content (AvgIpc) is 3.59. The Kier molecular flexibility index (Phi) is 8.55. The summed E-state index contributed by atoms with van der Waals surface area (Å²) in [7, 11) is 0. The monoisotopic (exact) mass is 802 g/mol. The SMILES string of the molecule is CC1(C)c2ccccc2-c2cccc(-c3cccc(-c4cc(-c5ccccc5-c5ccccc5)nc(-c5ccc(-c6c7ccccc7cc7c6ccc6ccccc67)cc5)n4)c3)c21. The lowest BCUT2D eigenvalue weighted by Gasteiger charge is -2.24. The molecular weight excluding hydrogens is 761 g/mol. The molecule has 0 spiro atoms. The fourth-order valence-electron chi connectivity index (χ4n) is 10.3. The maximum atomic E-state index is 5.40. The van der Waals surface area contributed by atoms with Crippen LogP contribution in [0.2, 0.25) is 0 Å². The van der Waals surface area contributed by atoms with Crippen LogP contribution in [0.3, 0.4) is 0 Å². The van der Waals surface area contributed by atoms with Crippen molar-refractivity contribution in [2.24, 2.45) is 0 Å². The van der Waals surface area contributed by atoms with Crippen LogP contribution in [0.5, 0.6) is 0 Å². The summed E-state index contributed by atoms with van der Waals surface area (Å²) in [6.07, 6.45) is 0. The molecule has 0 atom stereocenters. The van der Waals surface area contributed by atoms with Gasteiger partial charge in [0.2, 0.25) is 0 Å². The minimum Gasteiger partial charge on any atom is -0.228 e. The van der Waals surface area contributed by atoms with Crippen molar-refractivity contribution < 1.29 is 0 Å². The van der Waals surface area contributed by atoms with Crippen LogP contribution in [0.4, 0.5) is 0 Å². The number of nitrogens with zero attached hydrogens (tertiary/aromatic N) is 2. The molecule has 0 saturated heterocycles. The van der Waals surface area contributed by atoms with Gasteiger partial charge in [-0.15, -0.1) is 0 Å². The summed E-state index contributed by atoms with van der Waals surface area (Å²) in [5, 5.41) is 7.49. The van der Waals surface area contributed by atoms with Gasteiger partial charge in [0.15, 0.2) is 5.82 Å². The molecule has 2 heteroatoms. The van der Waals surface area contributed by atoms with Crippen LogP contribution >= 0.6 is 0 Å². The Morgan fingerprint density at radius 3 is 1.76 bits per heavy atom. The van der Waals surface area contributed by atoms with Crippen LogP contribution in [0.1, 0.15) is 25.0 Å². The minimum absolute atomic E-state index is 0.132. The second kappa shape index (κ2) is 14.6. The fourth-order valence-corrected chi connectivity index (χ4v) is 10.3. The van der Waals surface area contributed by atoms with Gasteiger partial charge < -0.3 is 0 Å². The molecule has 296 valence electrons. The summed E-state index contributed by atoms with van der Waals surface area (Å²) in [5.74, 6) is 0.688. The van der Waals surface area contributed by atoms with E-state index in [1.165, 1.54) is 71.3 Å². The van der Waals surface area contributed by atoms with Gasteiger partial charge in [0.1, 0.15) is 0 Å². The minimum atomic E-state index is -0.132. The zero-order chi connectivity index (χ0) is 42.1. The molecular formula is C61H42N2. The van der Waals surface area contributed by atoms with Crippen LogP contribution < -0.4 is 0 Å². The lowest BCUT2D eigenvalue weighted by Crippen LogP contribution is -2.16. The van der Waals surface area contributed by atoms with Gasteiger partial charge in [-0.2, -0.15) is 0 Å². The standard InChI is InChI=1S/C61H42N2/c1-61(2)55-29-13-12-25-50(55)53-28-15-27-49(59(53)61)43-20-14-21-45(36-43)56-38-57(51-26-11-10-22-46(51)39-16-4-3-5-17-39)63-60(62-56)42-32-30-41(31-33-42)58-48-24-9-7-19-44(48)37-54-47-23-8-6-18-40(47)34-35-52(54)58/h3-38H,1-2H3. The van der Waals surface area contributed by atoms with E-state index in [4.69, 9.17) is 9.97 Å². The van der Waals surface area contributed by atoms with Gasteiger partial charge in [-0.3, -0.25) is 0 Å². The van der Waals surface area contributed by atoms with Crippen LogP contribution in [0.25, 0.3) is 111 Å². The van der Waals surface area contributed by atoms with Crippen molar-refractivity contribution in [1.29, 1.82) is 0 Å². The molecule has 0 amide bonds. The molecule has 1 heterocycles. The first-order valence-corrected chi connectivity index (χ1v) is 21.8. The van der Waals surface area contributed by atoms with E-state index < -0.39 is 0 Å². The molecule has 0 radical (unpaired) electrons. The van der Waals surface area contributed by atoms with E-state index in [1.807, 2.05) is 0 Å². The maximum Gasteiger partial charge on any atom is 0.160 e. The van der Waals surface area contributed by atoms with E-state index in [-0.39, 0.29) is 5.41 Å². The zero-order valence-electron chi connectivity index (χ0n) is 35.2. The highest BCUT2D eigenvalue weighted by Crippen LogP contribution is 2.52. The van der Waals surface area contributed by atoms with E-state index >= 15 is 0 Å². The molecule has 10 aromatic carbocycles. The van der Waals surface area contributed by atoms with Crippen molar-refractivity contribution in [2.75, 3.05) is 0 Å². The van der Waals surface area contributed by atoms with Crippen molar-refractivity contribution in [1.82, 2.24) is 9.97 Å². The Morgan fingerprint density at radius 2 is 0.921 bits per heavy atom. The van der Waals surface area contributed by atoms with Crippen molar-refractivity contribution in [3.05, 3.63) is 230 Å². The third-order valence-corrected chi connectivity index (χ3v) is 13.3. The van der Waals surface area contributed by atoms with E-state index in [1.54, 1.807) is 0 Å². The molecule has 0 unspecified atom stereocenters. The zero-order valence-corrected chi connectivity index (χ0v) is 35.2. The largest absolute Gasteiger partial charge is 0.228 e. The van der Waals surface area contributed by atoms with E-state index in [0.29, 0.717) is 5.82 Å². The molecule has 0 bridgehead atoms. The van der Waals surface area contributed by atoms with Crippen molar-refractivity contribution >= 4 is 32.3 Å². The third-order valence-electron chi connectivity index (χ3n) is 13.3. The summed E-state index contributed by atoms with van der Waals surface area (Å²) >= 11 is 0. The van der Waals surface area contributed by atoms with Crippen LogP contribution in [0.15, 0.2) is 218 Å². The van der Waals surface area contributed by atoms with Crippen LogP contribution in [0, 0.1) is 0 Å². The Labute approximate surface area is 367 Å². The van der Waals surface area contributed by atoms with Gasteiger partial charge >= 0.3 is 0 Å². The Balaban J connectivity index is 1.02. The maximum absolute atomic E-state index is 5.40. The first-order chi connectivity index (χ1) is 31.0. The van der Waals surface area contributed by atoms with Crippen molar-refractivity contribution in [3.8, 4) is 78.4 Å². The molecule has 63 heavy (non-hydrogen) atoms. The molecule has 1 aliphatic carbocycles. The predicted octanol–water partition coefficient (Wildman–Crippen LogP) is 16.2. The van der Waals surface area contributed by atoms with Gasteiger partial charge in [0.05, 0.1) is 11.4 Å². The fraction of sp³-hybridized carbons (Fsp3) is 0.0492. The molecule has 1 aromatic heterocycles. The smallest absolute Gasteiger partial charge is 0.160 e. The lowest BCUT2D eigenvalue weighted by molar-refractivity contribution is 0.662. The van der Waals surface area contributed by atoms with Crippen molar-refractivity contribution in [2.45, 2.75) is 19.3 Å².